The van der Waals surface area contributed by atoms with E-state index in [9.17, 15) is 0 Å². The summed E-state index contributed by atoms with van der Waals surface area (Å²) in [4.78, 5) is 5.16. The van der Waals surface area contributed by atoms with Gasteiger partial charge in [-0.25, -0.2) is 4.99 Å². The van der Waals surface area contributed by atoms with Crippen LogP contribution in [0.2, 0.25) is 0 Å². The quantitative estimate of drug-likeness (QED) is 0.500. The molecular formula is C28H36NOP. The van der Waals surface area contributed by atoms with Crippen LogP contribution >= 0.6 is 7.92 Å². The van der Waals surface area contributed by atoms with Crippen molar-refractivity contribution in [1.82, 2.24) is 0 Å². The zero-order chi connectivity index (χ0) is 21.2. The summed E-state index contributed by atoms with van der Waals surface area (Å²) in [5, 5.41) is 3.03. The van der Waals surface area contributed by atoms with E-state index in [-0.39, 0.29) is 0 Å². The van der Waals surface area contributed by atoms with Gasteiger partial charge in [0.05, 0.1) is 6.04 Å². The van der Waals surface area contributed by atoms with Gasteiger partial charge in [-0.1, -0.05) is 100 Å². The smallest absolute Gasteiger partial charge is 0.187 e. The van der Waals surface area contributed by atoms with E-state index in [2.05, 4.69) is 74.5 Å². The van der Waals surface area contributed by atoms with Crippen molar-refractivity contribution in [1.29, 1.82) is 0 Å². The highest BCUT2D eigenvalue weighted by atomic mass is 31.1. The maximum absolute atomic E-state index is 6.33. The maximum Gasteiger partial charge on any atom is 0.187 e. The lowest BCUT2D eigenvalue weighted by Gasteiger charge is -2.36. The Morgan fingerprint density at radius 3 is 2.00 bits per heavy atom. The van der Waals surface area contributed by atoms with Crippen LogP contribution in [0.4, 0.5) is 0 Å². The molecule has 3 unspecified atom stereocenters. The lowest BCUT2D eigenvalue weighted by Crippen LogP contribution is -2.35. The van der Waals surface area contributed by atoms with Crippen LogP contribution < -0.4 is 10.6 Å². The summed E-state index contributed by atoms with van der Waals surface area (Å²) in [5.74, 6) is 3.79. The van der Waals surface area contributed by atoms with Crippen LogP contribution in [0.15, 0.2) is 65.7 Å². The summed E-state index contributed by atoms with van der Waals surface area (Å²) in [6, 6.07) is 23.0. The van der Waals surface area contributed by atoms with Crippen LogP contribution in [0.25, 0.3) is 0 Å². The summed E-state index contributed by atoms with van der Waals surface area (Å²) in [6.45, 7) is 5.32. The number of ether oxygens (including phenoxy) is 1. The molecule has 1 aliphatic heterocycles. The van der Waals surface area contributed by atoms with Gasteiger partial charge >= 0.3 is 0 Å². The largest absolute Gasteiger partial charge is 0.478 e. The number of hydrogen-bond donors (Lipinski definition) is 0. The first-order chi connectivity index (χ1) is 15.2. The van der Waals surface area contributed by atoms with Gasteiger partial charge < -0.3 is 4.74 Å². The second kappa shape index (κ2) is 9.45. The predicted molar refractivity (Wildman–Crippen MR) is 133 cm³/mol. The van der Waals surface area contributed by atoms with E-state index in [0.29, 0.717) is 23.5 Å². The Morgan fingerprint density at radius 1 is 0.839 bits per heavy atom. The topological polar surface area (TPSA) is 21.6 Å². The molecule has 0 bridgehead atoms. The second-order valence-electron chi connectivity index (χ2n) is 10.0. The minimum atomic E-state index is -0.453. The molecule has 2 nitrogen and oxygen atoms in total. The lowest BCUT2D eigenvalue weighted by molar-refractivity contribution is 0.274. The van der Waals surface area contributed by atoms with Crippen molar-refractivity contribution in [2.45, 2.75) is 64.1 Å². The molecule has 2 aromatic carbocycles. The fourth-order valence-corrected chi connectivity index (χ4v) is 9.56. The third-order valence-electron chi connectivity index (χ3n) is 7.82. The number of aliphatic imine (C=N–C) groups is 1. The van der Waals surface area contributed by atoms with E-state index >= 15 is 0 Å². The summed E-state index contributed by atoms with van der Waals surface area (Å²) >= 11 is 0. The van der Waals surface area contributed by atoms with Crippen molar-refractivity contribution in [3.05, 3.63) is 60.7 Å². The van der Waals surface area contributed by atoms with Crippen molar-refractivity contribution in [3.8, 4) is 0 Å². The molecule has 5 rings (SSSR count). The van der Waals surface area contributed by atoms with Crippen LogP contribution in [0, 0.1) is 23.7 Å². The first kappa shape index (κ1) is 21.2. The van der Waals surface area contributed by atoms with E-state index < -0.39 is 7.92 Å². The Kier molecular flexibility index (Phi) is 6.46. The van der Waals surface area contributed by atoms with Crippen LogP contribution in [-0.4, -0.2) is 24.2 Å². The molecule has 0 spiro atoms. The van der Waals surface area contributed by atoms with Gasteiger partial charge in [-0.3, -0.25) is 0 Å². The highest BCUT2D eigenvalue weighted by Gasteiger charge is 2.49. The zero-order valence-electron chi connectivity index (χ0n) is 19.0. The number of hydrogen-bond acceptors (Lipinski definition) is 2. The number of nitrogens with zero attached hydrogens (tertiary/aromatic N) is 1. The number of rotatable bonds is 6. The molecule has 0 N–H and O–H groups in total. The summed E-state index contributed by atoms with van der Waals surface area (Å²) in [5.41, 5.74) is 0.632. The van der Waals surface area contributed by atoms with E-state index in [1.54, 1.807) is 0 Å². The van der Waals surface area contributed by atoms with Crippen LogP contribution in [0.5, 0.6) is 0 Å². The third kappa shape index (κ3) is 4.34. The Morgan fingerprint density at radius 2 is 1.45 bits per heavy atom. The average molecular weight is 434 g/mol. The molecule has 2 aliphatic carbocycles. The van der Waals surface area contributed by atoms with Crippen LogP contribution in [-0.2, 0) is 4.74 Å². The van der Waals surface area contributed by atoms with E-state index in [4.69, 9.17) is 9.73 Å². The van der Waals surface area contributed by atoms with Gasteiger partial charge in [-0.05, 0) is 49.1 Å². The van der Waals surface area contributed by atoms with E-state index in [1.165, 1.54) is 49.1 Å². The minimum Gasteiger partial charge on any atom is -0.478 e. The van der Waals surface area contributed by atoms with Gasteiger partial charge in [-0.15, -0.1) is 0 Å². The van der Waals surface area contributed by atoms with Gasteiger partial charge in [-0.2, -0.15) is 0 Å². The zero-order valence-corrected chi connectivity index (χ0v) is 19.9. The summed E-state index contributed by atoms with van der Waals surface area (Å²) in [6.07, 6.45) is 8.26. The Hall–Kier alpha value is -1.66. The van der Waals surface area contributed by atoms with Gasteiger partial charge in [0.25, 0.3) is 0 Å². The molecular weight excluding hydrogens is 397 g/mol. The minimum absolute atomic E-state index is 0.334. The van der Waals surface area contributed by atoms with Crippen molar-refractivity contribution >= 4 is 24.4 Å². The van der Waals surface area contributed by atoms with Crippen molar-refractivity contribution in [2.75, 3.05) is 6.61 Å². The van der Waals surface area contributed by atoms with Crippen LogP contribution in [0.3, 0.4) is 0 Å². The molecule has 2 aromatic rings. The van der Waals surface area contributed by atoms with Gasteiger partial charge in [0.2, 0.25) is 0 Å². The maximum atomic E-state index is 6.33. The molecule has 0 amide bonds. The third-order valence-corrected chi connectivity index (χ3v) is 10.9. The monoisotopic (exact) mass is 433 g/mol. The first-order valence-corrected chi connectivity index (χ1v) is 13.7. The van der Waals surface area contributed by atoms with Gasteiger partial charge in [0.15, 0.2) is 5.90 Å². The normalized spacial score (nSPS) is 29.0. The highest BCUT2D eigenvalue weighted by molar-refractivity contribution is 7.73. The molecule has 0 saturated heterocycles. The molecule has 0 aromatic heterocycles. The van der Waals surface area contributed by atoms with Crippen molar-refractivity contribution in [3.63, 3.8) is 0 Å². The average Bonchev–Trinajstić information content (AvgIpc) is 3.56. The summed E-state index contributed by atoms with van der Waals surface area (Å²) < 4.78 is 6.33. The molecule has 2 saturated carbocycles. The Bertz CT molecular complexity index is 835. The SMILES string of the molecule is CC(C)C1COC(C2CCC(C3CCCC3)[C@@H]2P(c2ccccc2)c2ccccc2)=N1. The van der Waals surface area contributed by atoms with E-state index in [0.717, 1.165) is 24.3 Å². The number of benzene rings is 2. The molecule has 3 aliphatic rings. The Labute approximate surface area is 189 Å². The first-order valence-electron chi connectivity index (χ1n) is 12.3. The van der Waals surface area contributed by atoms with Crippen molar-refractivity contribution in [2.24, 2.45) is 28.7 Å². The molecule has 3 heteroatoms. The van der Waals surface area contributed by atoms with Crippen LogP contribution in [0.1, 0.15) is 52.4 Å². The molecule has 2 fully saturated rings. The standard InChI is InChI=1S/C28H36NOP/c1-20(2)26-19-30-28(29-26)25-18-17-24(21-11-9-10-12-21)27(25)31(22-13-5-3-6-14-22)23-15-7-4-8-16-23/h3-8,13-16,20-21,24-27H,9-12,17-19H2,1-2H3/t24?,25?,26?,27-/m0/s1. The molecule has 164 valence electrons. The van der Waals surface area contributed by atoms with Crippen molar-refractivity contribution < 1.29 is 4.74 Å². The molecule has 0 radical (unpaired) electrons. The molecule has 1 heterocycles. The second-order valence-corrected chi connectivity index (χ2v) is 12.4. The molecule has 4 atom stereocenters. The fourth-order valence-electron chi connectivity index (χ4n) is 6.18. The van der Waals surface area contributed by atoms with Gasteiger partial charge in [0, 0.05) is 11.6 Å². The summed E-state index contributed by atoms with van der Waals surface area (Å²) in [7, 11) is -0.453. The van der Waals surface area contributed by atoms with E-state index in [1.807, 2.05) is 0 Å². The highest BCUT2D eigenvalue weighted by Crippen LogP contribution is 2.57. The fraction of sp³-hybridized carbons (Fsp3) is 0.536. The van der Waals surface area contributed by atoms with Gasteiger partial charge in [0.1, 0.15) is 6.61 Å². The Balaban J connectivity index is 1.57. The predicted octanol–water partition coefficient (Wildman–Crippen LogP) is 6.16. The molecule has 31 heavy (non-hydrogen) atoms. The lowest BCUT2D eigenvalue weighted by atomic mass is 9.88.